The quantitative estimate of drug-likeness (QED) is 0.742. The molecule has 24 heavy (non-hydrogen) atoms. The summed E-state index contributed by atoms with van der Waals surface area (Å²) in [6, 6.07) is 10.2. The van der Waals surface area contributed by atoms with Gasteiger partial charge in [-0.1, -0.05) is 24.3 Å². The number of rotatable bonds is 4. The van der Waals surface area contributed by atoms with Crippen molar-refractivity contribution in [3.8, 4) is 0 Å². The predicted octanol–water partition coefficient (Wildman–Crippen LogP) is 3.05. The SMILES string of the molecule is Cc1ccn2ncc(C(=O)N(C)[C@@H](C)Cc3ccccc3C)c2n1. The molecule has 0 fully saturated rings. The zero-order valence-corrected chi connectivity index (χ0v) is 14.5. The van der Waals surface area contributed by atoms with Gasteiger partial charge in [-0.05, 0) is 44.4 Å². The zero-order chi connectivity index (χ0) is 17.3. The molecule has 5 nitrogen and oxygen atoms in total. The van der Waals surface area contributed by atoms with Crippen LogP contribution in [0.15, 0.2) is 42.7 Å². The Bertz CT molecular complexity index is 884. The first kappa shape index (κ1) is 16.2. The third-order valence-electron chi connectivity index (χ3n) is 4.50. The van der Waals surface area contributed by atoms with Crippen LogP contribution in [0.5, 0.6) is 0 Å². The molecule has 0 saturated heterocycles. The molecule has 2 heterocycles. The second-order valence-electron chi connectivity index (χ2n) is 6.29. The summed E-state index contributed by atoms with van der Waals surface area (Å²) in [4.78, 5) is 19.1. The number of carbonyl (C=O) groups excluding carboxylic acids is 1. The van der Waals surface area contributed by atoms with Crippen molar-refractivity contribution in [1.82, 2.24) is 19.5 Å². The average molecular weight is 322 g/mol. The van der Waals surface area contributed by atoms with Crippen LogP contribution in [0.25, 0.3) is 5.65 Å². The number of aryl methyl sites for hydroxylation is 2. The summed E-state index contributed by atoms with van der Waals surface area (Å²) in [7, 11) is 1.84. The van der Waals surface area contributed by atoms with Crippen molar-refractivity contribution >= 4 is 11.6 Å². The lowest BCUT2D eigenvalue weighted by Crippen LogP contribution is -2.36. The van der Waals surface area contributed by atoms with Crippen LogP contribution in [-0.4, -0.2) is 38.5 Å². The first-order valence-corrected chi connectivity index (χ1v) is 8.10. The van der Waals surface area contributed by atoms with E-state index >= 15 is 0 Å². The Kier molecular flexibility index (Phi) is 4.34. The van der Waals surface area contributed by atoms with Crippen LogP contribution in [0.2, 0.25) is 0 Å². The fraction of sp³-hybridized carbons (Fsp3) is 0.316. The van der Waals surface area contributed by atoms with Gasteiger partial charge in [0.15, 0.2) is 5.65 Å². The van der Waals surface area contributed by atoms with Gasteiger partial charge in [-0.3, -0.25) is 4.79 Å². The topological polar surface area (TPSA) is 50.5 Å². The molecule has 124 valence electrons. The highest BCUT2D eigenvalue weighted by Crippen LogP contribution is 2.16. The second kappa shape index (κ2) is 6.43. The number of hydrogen-bond donors (Lipinski definition) is 0. The Balaban J connectivity index is 1.83. The molecular weight excluding hydrogens is 300 g/mol. The summed E-state index contributed by atoms with van der Waals surface area (Å²) >= 11 is 0. The van der Waals surface area contributed by atoms with Gasteiger partial charge in [0.25, 0.3) is 5.91 Å². The van der Waals surface area contributed by atoms with Crippen LogP contribution >= 0.6 is 0 Å². The minimum atomic E-state index is -0.0517. The number of nitrogens with zero attached hydrogens (tertiary/aromatic N) is 4. The Morgan fingerprint density at radius 2 is 2.00 bits per heavy atom. The number of amides is 1. The lowest BCUT2D eigenvalue weighted by molar-refractivity contribution is 0.0745. The third-order valence-corrected chi connectivity index (χ3v) is 4.50. The molecule has 1 amide bonds. The fourth-order valence-electron chi connectivity index (χ4n) is 2.79. The van der Waals surface area contributed by atoms with Crippen LogP contribution in [0.4, 0.5) is 0 Å². The van der Waals surface area contributed by atoms with Gasteiger partial charge in [-0.25, -0.2) is 9.50 Å². The molecule has 3 rings (SSSR count). The largest absolute Gasteiger partial charge is 0.339 e. The molecule has 0 aliphatic rings. The molecule has 2 aromatic heterocycles. The Labute approximate surface area is 141 Å². The zero-order valence-electron chi connectivity index (χ0n) is 14.5. The molecule has 0 unspecified atom stereocenters. The first-order chi connectivity index (χ1) is 11.5. The highest BCUT2D eigenvalue weighted by Gasteiger charge is 2.22. The van der Waals surface area contributed by atoms with Gasteiger partial charge in [0.1, 0.15) is 5.56 Å². The molecular formula is C19H22N4O. The summed E-state index contributed by atoms with van der Waals surface area (Å²) in [6.07, 6.45) is 4.24. The van der Waals surface area contributed by atoms with Crippen LogP contribution in [0.1, 0.15) is 34.1 Å². The smallest absolute Gasteiger partial charge is 0.259 e. The maximum Gasteiger partial charge on any atom is 0.259 e. The van der Waals surface area contributed by atoms with E-state index in [0.29, 0.717) is 11.2 Å². The van der Waals surface area contributed by atoms with Crippen molar-refractivity contribution in [2.24, 2.45) is 0 Å². The van der Waals surface area contributed by atoms with Gasteiger partial charge in [-0.2, -0.15) is 5.10 Å². The van der Waals surface area contributed by atoms with Gasteiger partial charge in [0.2, 0.25) is 0 Å². The molecule has 0 aliphatic carbocycles. The second-order valence-corrected chi connectivity index (χ2v) is 6.29. The molecule has 0 N–H and O–H groups in total. The lowest BCUT2D eigenvalue weighted by Gasteiger charge is -2.25. The molecule has 5 heteroatoms. The standard InChI is InChI=1S/C19H22N4O/c1-13-7-5-6-8-16(13)11-15(3)22(4)19(24)17-12-20-23-10-9-14(2)21-18(17)23/h5-10,12,15H,11H2,1-4H3/t15-/m0/s1. The summed E-state index contributed by atoms with van der Waals surface area (Å²) in [5, 5.41) is 4.23. The molecule has 0 bridgehead atoms. The maximum absolute atomic E-state index is 12.9. The van der Waals surface area contributed by atoms with Crippen molar-refractivity contribution in [3.05, 3.63) is 65.1 Å². The van der Waals surface area contributed by atoms with E-state index in [1.165, 1.54) is 11.1 Å². The highest BCUT2D eigenvalue weighted by molar-refractivity contribution is 5.99. The Morgan fingerprint density at radius 1 is 1.25 bits per heavy atom. The predicted molar refractivity (Wildman–Crippen MR) is 94.2 cm³/mol. The van der Waals surface area contributed by atoms with E-state index in [1.807, 2.05) is 38.4 Å². The third kappa shape index (κ3) is 3.02. The normalized spacial score (nSPS) is 12.3. The van der Waals surface area contributed by atoms with E-state index in [1.54, 1.807) is 15.6 Å². The number of benzene rings is 1. The highest BCUT2D eigenvalue weighted by atomic mass is 16.2. The van der Waals surface area contributed by atoms with Gasteiger partial charge in [0, 0.05) is 25.0 Å². The minimum absolute atomic E-state index is 0.0517. The van der Waals surface area contributed by atoms with E-state index in [0.717, 1.165) is 12.1 Å². The van der Waals surface area contributed by atoms with Crippen LogP contribution in [0, 0.1) is 13.8 Å². The molecule has 0 radical (unpaired) electrons. The Morgan fingerprint density at radius 3 is 2.75 bits per heavy atom. The number of fused-ring (bicyclic) bond motifs is 1. The van der Waals surface area contributed by atoms with Crippen LogP contribution in [-0.2, 0) is 6.42 Å². The lowest BCUT2D eigenvalue weighted by atomic mass is 10.0. The summed E-state index contributed by atoms with van der Waals surface area (Å²) in [5.41, 5.74) is 4.53. The van der Waals surface area contributed by atoms with E-state index < -0.39 is 0 Å². The van der Waals surface area contributed by atoms with Crippen molar-refractivity contribution < 1.29 is 4.79 Å². The molecule has 3 aromatic rings. The summed E-state index contributed by atoms with van der Waals surface area (Å²) in [5.74, 6) is -0.0517. The fourth-order valence-corrected chi connectivity index (χ4v) is 2.79. The molecule has 1 aromatic carbocycles. The van der Waals surface area contributed by atoms with Gasteiger partial charge in [0.05, 0.1) is 6.20 Å². The summed E-state index contributed by atoms with van der Waals surface area (Å²) < 4.78 is 1.64. The van der Waals surface area contributed by atoms with Crippen molar-refractivity contribution in [2.45, 2.75) is 33.2 Å². The van der Waals surface area contributed by atoms with Crippen molar-refractivity contribution in [2.75, 3.05) is 7.05 Å². The molecule has 1 atom stereocenters. The van der Waals surface area contributed by atoms with Gasteiger partial charge >= 0.3 is 0 Å². The molecule has 0 aliphatic heterocycles. The van der Waals surface area contributed by atoms with E-state index in [-0.39, 0.29) is 11.9 Å². The maximum atomic E-state index is 12.9. The number of aromatic nitrogens is 3. The van der Waals surface area contributed by atoms with Gasteiger partial charge in [-0.15, -0.1) is 0 Å². The number of likely N-dealkylation sites (N-methyl/N-ethyl adjacent to an activating group) is 1. The van der Waals surface area contributed by atoms with E-state index in [9.17, 15) is 4.79 Å². The van der Waals surface area contributed by atoms with Crippen molar-refractivity contribution in [1.29, 1.82) is 0 Å². The molecule has 0 saturated carbocycles. The number of carbonyl (C=O) groups is 1. The molecule has 0 spiro atoms. The monoisotopic (exact) mass is 322 g/mol. The van der Waals surface area contributed by atoms with Crippen LogP contribution < -0.4 is 0 Å². The van der Waals surface area contributed by atoms with Gasteiger partial charge < -0.3 is 4.90 Å². The first-order valence-electron chi connectivity index (χ1n) is 8.10. The minimum Gasteiger partial charge on any atom is -0.339 e. The van der Waals surface area contributed by atoms with E-state index in [2.05, 4.69) is 36.1 Å². The Hall–Kier alpha value is -2.69. The summed E-state index contributed by atoms with van der Waals surface area (Å²) in [6.45, 7) is 6.07. The van der Waals surface area contributed by atoms with E-state index in [4.69, 9.17) is 0 Å². The average Bonchev–Trinajstić information content (AvgIpc) is 2.98. The number of hydrogen-bond acceptors (Lipinski definition) is 3. The van der Waals surface area contributed by atoms with Crippen LogP contribution in [0.3, 0.4) is 0 Å². The van der Waals surface area contributed by atoms with Crippen molar-refractivity contribution in [3.63, 3.8) is 0 Å².